The van der Waals surface area contributed by atoms with E-state index in [0.717, 1.165) is 19.1 Å². The highest BCUT2D eigenvalue weighted by molar-refractivity contribution is 6.53. The molecule has 0 heterocycles. The van der Waals surface area contributed by atoms with Crippen LogP contribution < -0.4 is 0 Å². The summed E-state index contributed by atoms with van der Waals surface area (Å²) < 4.78 is 9.73. The Hall–Kier alpha value is -1.83. The molecule has 10 heteroatoms. The topological polar surface area (TPSA) is 96.8 Å². The van der Waals surface area contributed by atoms with E-state index in [0.29, 0.717) is 10.6 Å². The molecule has 0 aliphatic carbocycles. The maximum atomic E-state index is 12.9. The lowest BCUT2D eigenvalue weighted by Crippen LogP contribution is -2.56. The molecule has 2 unspecified atom stereocenters. The summed E-state index contributed by atoms with van der Waals surface area (Å²) in [7, 11) is 2.26. The molecule has 0 radical (unpaired) electrons. The fraction of sp³-hybridized carbons (Fsp3) is 0.500. The van der Waals surface area contributed by atoms with Crippen molar-refractivity contribution in [2.75, 3.05) is 14.2 Å². The number of carbonyl (C=O) groups is 3. The van der Waals surface area contributed by atoms with Gasteiger partial charge in [-0.1, -0.05) is 67.7 Å². The molecule has 1 N–H and O–H groups in total. The number of carbonyl (C=O) groups excluding carboxylic acids is 3. The van der Waals surface area contributed by atoms with Crippen molar-refractivity contribution in [2.45, 2.75) is 38.2 Å². The molecule has 0 aliphatic rings. The summed E-state index contributed by atoms with van der Waals surface area (Å²) in [6.07, 6.45) is 0. The molecule has 0 saturated carbocycles. The summed E-state index contributed by atoms with van der Waals surface area (Å²) in [6.45, 7) is 4.99. The lowest BCUT2D eigenvalue weighted by Gasteiger charge is -2.37. The normalized spacial score (nSPS) is 13.4. The minimum absolute atomic E-state index is 0.112. The number of amides is 1. The van der Waals surface area contributed by atoms with Gasteiger partial charge in [0.1, 0.15) is 12.0 Å². The van der Waals surface area contributed by atoms with Crippen molar-refractivity contribution in [3.63, 3.8) is 0 Å². The average Bonchev–Trinajstić information content (AvgIpc) is 2.69. The van der Waals surface area contributed by atoms with E-state index < -0.39 is 40.1 Å². The standard InChI is InChI=1S/C20H25Cl3N2O5/c1-20(2,3)15(24)13(18(27)29-4)14(19(28)30-5)25(17(26)16(22)23)10-11-6-8-12(21)9-7-11/h6-9,13-14,16,24H,10H2,1-5H3. The maximum Gasteiger partial charge on any atom is 0.329 e. The molecule has 7 nitrogen and oxygen atoms in total. The molecule has 0 aliphatic heterocycles. The number of nitrogens with zero attached hydrogens (tertiary/aromatic N) is 1. The summed E-state index contributed by atoms with van der Waals surface area (Å²) in [5.41, 5.74) is -0.317. The number of rotatable bonds is 8. The zero-order valence-corrected chi connectivity index (χ0v) is 19.6. The molecule has 1 aromatic carbocycles. The highest BCUT2D eigenvalue weighted by Gasteiger charge is 2.47. The summed E-state index contributed by atoms with van der Waals surface area (Å²) in [5, 5.41) is 9.03. The van der Waals surface area contributed by atoms with Crippen LogP contribution in [-0.4, -0.2) is 53.6 Å². The van der Waals surface area contributed by atoms with Gasteiger partial charge in [0.2, 0.25) is 0 Å². The van der Waals surface area contributed by atoms with Gasteiger partial charge in [0, 0.05) is 22.7 Å². The number of hydrogen-bond acceptors (Lipinski definition) is 6. The highest BCUT2D eigenvalue weighted by atomic mass is 35.5. The number of alkyl halides is 2. The van der Waals surface area contributed by atoms with Gasteiger partial charge in [-0.3, -0.25) is 9.59 Å². The minimum atomic E-state index is -1.52. The quantitative estimate of drug-likeness (QED) is 0.347. The van der Waals surface area contributed by atoms with E-state index in [4.69, 9.17) is 49.7 Å². The van der Waals surface area contributed by atoms with Crippen LogP contribution in [0, 0.1) is 16.7 Å². The van der Waals surface area contributed by atoms with Crippen LogP contribution >= 0.6 is 34.8 Å². The Balaban J connectivity index is 3.62. The van der Waals surface area contributed by atoms with Gasteiger partial charge >= 0.3 is 11.9 Å². The molecule has 0 fully saturated rings. The summed E-state index contributed by atoms with van der Waals surface area (Å²) >= 11 is 17.6. The van der Waals surface area contributed by atoms with Gasteiger partial charge < -0.3 is 19.8 Å². The number of nitrogens with one attached hydrogen (secondary N) is 1. The van der Waals surface area contributed by atoms with E-state index in [1.807, 2.05) is 0 Å². The number of esters is 2. The minimum Gasteiger partial charge on any atom is -0.468 e. The molecule has 0 aromatic heterocycles. The Morgan fingerprint density at radius 2 is 1.53 bits per heavy atom. The van der Waals surface area contributed by atoms with E-state index in [2.05, 4.69) is 0 Å². The molecule has 30 heavy (non-hydrogen) atoms. The van der Waals surface area contributed by atoms with Crippen LogP contribution in [0.2, 0.25) is 5.02 Å². The third-order valence-electron chi connectivity index (χ3n) is 4.40. The SMILES string of the molecule is COC(=O)C(C(=N)C(C)(C)C)C(C(=O)OC)N(Cc1ccc(Cl)cc1)C(=O)C(Cl)Cl. The van der Waals surface area contributed by atoms with Crippen LogP contribution in [0.4, 0.5) is 0 Å². The van der Waals surface area contributed by atoms with Crippen LogP contribution in [0.1, 0.15) is 26.3 Å². The van der Waals surface area contributed by atoms with Gasteiger partial charge in [-0.2, -0.15) is 0 Å². The predicted octanol–water partition coefficient (Wildman–Crippen LogP) is 3.87. The monoisotopic (exact) mass is 478 g/mol. The second-order valence-electron chi connectivity index (χ2n) is 7.53. The lowest BCUT2D eigenvalue weighted by molar-refractivity contribution is -0.160. The molecule has 1 amide bonds. The van der Waals surface area contributed by atoms with Crippen LogP contribution in [0.15, 0.2) is 24.3 Å². The molecule has 0 saturated heterocycles. The van der Waals surface area contributed by atoms with Crippen molar-refractivity contribution in [2.24, 2.45) is 11.3 Å². The van der Waals surface area contributed by atoms with Gasteiger partial charge in [-0.05, 0) is 17.7 Å². The summed E-state index contributed by atoms with van der Waals surface area (Å²) in [6, 6.07) is 5.01. The molecular weight excluding hydrogens is 455 g/mol. The van der Waals surface area contributed by atoms with E-state index in [-0.39, 0.29) is 12.3 Å². The van der Waals surface area contributed by atoms with Gasteiger partial charge in [0.25, 0.3) is 5.91 Å². The molecule has 0 spiro atoms. The van der Waals surface area contributed by atoms with Crippen LogP contribution in [0.5, 0.6) is 0 Å². The maximum absolute atomic E-state index is 12.9. The smallest absolute Gasteiger partial charge is 0.329 e. The number of ether oxygens (including phenoxy) is 2. The zero-order chi connectivity index (χ0) is 23.2. The summed E-state index contributed by atoms with van der Waals surface area (Å²) in [5.74, 6) is -4.01. The first-order valence-corrected chi connectivity index (χ1v) is 10.2. The number of hydrogen-bond donors (Lipinski definition) is 1. The first-order chi connectivity index (χ1) is 13.8. The van der Waals surface area contributed by atoms with E-state index >= 15 is 0 Å². The van der Waals surface area contributed by atoms with E-state index in [1.54, 1.807) is 45.0 Å². The Labute approximate surface area is 191 Å². The van der Waals surface area contributed by atoms with Crippen molar-refractivity contribution in [1.82, 2.24) is 4.90 Å². The Morgan fingerprint density at radius 1 is 1.03 bits per heavy atom. The van der Waals surface area contributed by atoms with E-state index in [1.165, 1.54) is 0 Å². The van der Waals surface area contributed by atoms with Crippen molar-refractivity contribution in [1.29, 1.82) is 5.41 Å². The highest BCUT2D eigenvalue weighted by Crippen LogP contribution is 2.29. The van der Waals surface area contributed by atoms with Gasteiger partial charge in [-0.15, -0.1) is 0 Å². The van der Waals surface area contributed by atoms with Crippen LogP contribution in [0.25, 0.3) is 0 Å². The predicted molar refractivity (Wildman–Crippen MR) is 116 cm³/mol. The lowest BCUT2D eigenvalue weighted by atomic mass is 9.78. The van der Waals surface area contributed by atoms with Gasteiger partial charge in [0.05, 0.1) is 14.2 Å². The van der Waals surface area contributed by atoms with Gasteiger partial charge in [-0.25, -0.2) is 4.79 Å². The number of halogens is 3. The Bertz CT molecular complexity index is 791. The Kier molecular flexibility index (Phi) is 9.59. The molecule has 2 atom stereocenters. The third kappa shape index (κ3) is 6.59. The Morgan fingerprint density at radius 3 is 1.93 bits per heavy atom. The number of methoxy groups -OCH3 is 2. The second-order valence-corrected chi connectivity index (χ2v) is 9.06. The molecule has 166 valence electrons. The zero-order valence-electron chi connectivity index (χ0n) is 17.4. The van der Waals surface area contributed by atoms with Crippen molar-refractivity contribution in [3.8, 4) is 0 Å². The summed E-state index contributed by atoms with van der Waals surface area (Å²) in [4.78, 5) is 37.8. The van der Waals surface area contributed by atoms with Crippen LogP contribution in [0.3, 0.4) is 0 Å². The largest absolute Gasteiger partial charge is 0.468 e. The number of benzene rings is 1. The molecular formula is C20H25Cl3N2O5. The fourth-order valence-corrected chi connectivity index (χ4v) is 3.16. The fourth-order valence-electron chi connectivity index (χ4n) is 2.79. The van der Waals surface area contributed by atoms with E-state index in [9.17, 15) is 14.4 Å². The van der Waals surface area contributed by atoms with Gasteiger partial charge in [0.15, 0.2) is 4.84 Å². The van der Waals surface area contributed by atoms with Crippen molar-refractivity contribution in [3.05, 3.63) is 34.9 Å². The third-order valence-corrected chi connectivity index (χ3v) is 5.03. The molecule has 1 rings (SSSR count). The first kappa shape index (κ1) is 26.2. The average molecular weight is 480 g/mol. The second kappa shape index (κ2) is 11.0. The van der Waals surface area contributed by atoms with Crippen LogP contribution in [-0.2, 0) is 30.4 Å². The first-order valence-electron chi connectivity index (χ1n) is 8.92. The molecule has 1 aromatic rings. The molecule has 0 bridgehead atoms. The van der Waals surface area contributed by atoms with Crippen molar-refractivity contribution < 1.29 is 23.9 Å². The van der Waals surface area contributed by atoms with Crippen molar-refractivity contribution >= 4 is 58.4 Å².